The molecule has 5 nitrogen and oxygen atoms in total. The summed E-state index contributed by atoms with van der Waals surface area (Å²) in [5.41, 5.74) is 2.81. The lowest BCUT2D eigenvalue weighted by molar-refractivity contribution is -0.139. The molecular weight excluding hydrogens is 256 g/mol. The minimum atomic E-state index is -0.994. The number of aromatic nitrogens is 2. The summed E-state index contributed by atoms with van der Waals surface area (Å²) in [6.45, 7) is -0.343. The summed E-state index contributed by atoms with van der Waals surface area (Å²) < 4.78 is 5.09. The number of hydrogen-bond donors (Lipinski definition) is 2. The van der Waals surface area contributed by atoms with Crippen molar-refractivity contribution in [2.75, 3.05) is 6.61 Å². The first-order chi connectivity index (χ1) is 9.72. The Kier molecular flexibility index (Phi) is 3.09. The molecule has 2 N–H and O–H groups in total. The van der Waals surface area contributed by atoms with E-state index in [0.717, 1.165) is 22.4 Å². The monoisotopic (exact) mass is 268 g/mol. The average molecular weight is 268 g/mol. The van der Waals surface area contributed by atoms with Gasteiger partial charge in [-0.1, -0.05) is 12.1 Å². The van der Waals surface area contributed by atoms with E-state index in [1.54, 1.807) is 12.1 Å². The normalized spacial score (nSPS) is 10.6. The number of carboxylic acids is 1. The molecule has 20 heavy (non-hydrogen) atoms. The van der Waals surface area contributed by atoms with Crippen LogP contribution < -0.4 is 4.74 Å². The van der Waals surface area contributed by atoms with E-state index in [1.807, 2.05) is 36.4 Å². The fourth-order valence-corrected chi connectivity index (χ4v) is 1.94. The molecule has 0 bridgehead atoms. The van der Waals surface area contributed by atoms with E-state index in [4.69, 9.17) is 9.84 Å². The molecule has 1 heterocycles. The number of fused-ring (bicyclic) bond motifs is 1. The molecule has 1 aromatic heterocycles. The second-order valence-corrected chi connectivity index (χ2v) is 4.31. The maximum Gasteiger partial charge on any atom is 0.341 e. The number of nitrogens with one attached hydrogen (secondary N) is 1. The van der Waals surface area contributed by atoms with Crippen molar-refractivity contribution >= 4 is 17.0 Å². The minimum Gasteiger partial charge on any atom is -0.482 e. The molecule has 0 aliphatic carbocycles. The SMILES string of the molecule is O=C(O)COc1ccc(-c2nc3ccccc3[nH]2)cc1. The fraction of sp³-hybridized carbons (Fsp3) is 0.0667. The Bertz CT molecular complexity index is 714. The molecule has 0 saturated heterocycles. The minimum absolute atomic E-state index is 0.343. The summed E-state index contributed by atoms with van der Waals surface area (Å²) in [4.78, 5) is 18.2. The zero-order valence-electron chi connectivity index (χ0n) is 10.5. The maximum atomic E-state index is 10.4. The van der Waals surface area contributed by atoms with Crippen molar-refractivity contribution in [3.63, 3.8) is 0 Å². The highest BCUT2D eigenvalue weighted by Gasteiger charge is 2.05. The molecule has 5 heteroatoms. The van der Waals surface area contributed by atoms with E-state index in [-0.39, 0.29) is 6.61 Å². The van der Waals surface area contributed by atoms with Crippen molar-refractivity contribution in [2.45, 2.75) is 0 Å². The van der Waals surface area contributed by atoms with Crippen LogP contribution in [-0.4, -0.2) is 27.7 Å². The van der Waals surface area contributed by atoms with E-state index in [0.29, 0.717) is 5.75 Å². The zero-order chi connectivity index (χ0) is 13.9. The summed E-state index contributed by atoms with van der Waals surface area (Å²) >= 11 is 0. The lowest BCUT2D eigenvalue weighted by Crippen LogP contribution is -2.09. The van der Waals surface area contributed by atoms with Gasteiger partial charge in [-0.3, -0.25) is 0 Å². The highest BCUT2D eigenvalue weighted by atomic mass is 16.5. The molecule has 0 atom stereocenters. The topological polar surface area (TPSA) is 75.2 Å². The number of imidazole rings is 1. The molecule has 0 spiro atoms. The molecule has 100 valence electrons. The summed E-state index contributed by atoms with van der Waals surface area (Å²) in [7, 11) is 0. The molecule has 3 aromatic rings. The molecule has 0 radical (unpaired) electrons. The van der Waals surface area contributed by atoms with Crippen LogP contribution in [-0.2, 0) is 4.79 Å². The number of carbonyl (C=O) groups is 1. The number of hydrogen-bond acceptors (Lipinski definition) is 3. The third kappa shape index (κ3) is 2.47. The number of nitrogens with zero attached hydrogens (tertiary/aromatic N) is 1. The largest absolute Gasteiger partial charge is 0.482 e. The first-order valence-corrected chi connectivity index (χ1v) is 6.12. The van der Waals surface area contributed by atoms with Gasteiger partial charge in [-0.2, -0.15) is 0 Å². The number of aliphatic carboxylic acids is 1. The van der Waals surface area contributed by atoms with Gasteiger partial charge in [-0.25, -0.2) is 9.78 Å². The van der Waals surface area contributed by atoms with Gasteiger partial charge in [0.1, 0.15) is 11.6 Å². The Labute approximate surface area is 114 Å². The van der Waals surface area contributed by atoms with Crippen LogP contribution in [0.15, 0.2) is 48.5 Å². The van der Waals surface area contributed by atoms with Gasteiger partial charge in [0, 0.05) is 5.56 Å². The van der Waals surface area contributed by atoms with Crippen LogP contribution in [0.5, 0.6) is 5.75 Å². The standard InChI is InChI=1S/C15H12N2O3/c18-14(19)9-20-11-7-5-10(6-8-11)15-16-12-3-1-2-4-13(12)17-15/h1-8H,9H2,(H,16,17)(H,18,19). The molecule has 2 aromatic carbocycles. The highest BCUT2D eigenvalue weighted by molar-refractivity contribution is 5.79. The zero-order valence-corrected chi connectivity index (χ0v) is 10.5. The van der Waals surface area contributed by atoms with Gasteiger partial charge in [-0.15, -0.1) is 0 Å². The quantitative estimate of drug-likeness (QED) is 0.762. The van der Waals surface area contributed by atoms with E-state index >= 15 is 0 Å². The summed E-state index contributed by atoms with van der Waals surface area (Å²) in [5.74, 6) is 0.301. The Hall–Kier alpha value is -2.82. The first kappa shape index (κ1) is 12.2. The van der Waals surface area contributed by atoms with Crippen LogP contribution in [0.25, 0.3) is 22.4 Å². The van der Waals surface area contributed by atoms with E-state index in [9.17, 15) is 4.79 Å². The smallest absolute Gasteiger partial charge is 0.341 e. The van der Waals surface area contributed by atoms with Crippen molar-refractivity contribution in [2.24, 2.45) is 0 Å². The molecule has 0 fully saturated rings. The molecular formula is C15H12N2O3. The lowest BCUT2D eigenvalue weighted by atomic mass is 10.2. The Morgan fingerprint density at radius 1 is 1.15 bits per heavy atom. The van der Waals surface area contributed by atoms with Crippen molar-refractivity contribution in [1.82, 2.24) is 9.97 Å². The summed E-state index contributed by atoms with van der Waals surface area (Å²) in [5, 5.41) is 8.55. The average Bonchev–Trinajstić information content (AvgIpc) is 2.89. The lowest BCUT2D eigenvalue weighted by Gasteiger charge is -2.03. The molecule has 0 aliphatic rings. The van der Waals surface area contributed by atoms with Crippen LogP contribution in [0.4, 0.5) is 0 Å². The number of ether oxygens (including phenoxy) is 1. The van der Waals surface area contributed by atoms with E-state index in [1.165, 1.54) is 0 Å². The number of para-hydroxylation sites is 2. The summed E-state index contributed by atoms with van der Waals surface area (Å²) in [6.07, 6.45) is 0. The first-order valence-electron chi connectivity index (χ1n) is 6.12. The van der Waals surface area contributed by atoms with Crippen LogP contribution in [0, 0.1) is 0 Å². The molecule has 0 unspecified atom stereocenters. The number of carboxylic acid groups (broad SMARTS) is 1. The summed E-state index contributed by atoms with van der Waals surface area (Å²) in [6, 6.07) is 14.9. The van der Waals surface area contributed by atoms with Gasteiger partial charge >= 0.3 is 5.97 Å². The van der Waals surface area contributed by atoms with Gasteiger partial charge in [0.25, 0.3) is 0 Å². The maximum absolute atomic E-state index is 10.4. The van der Waals surface area contributed by atoms with Gasteiger partial charge < -0.3 is 14.8 Å². The van der Waals surface area contributed by atoms with Crippen LogP contribution in [0.3, 0.4) is 0 Å². The van der Waals surface area contributed by atoms with Crippen molar-refractivity contribution in [1.29, 1.82) is 0 Å². The predicted molar refractivity (Wildman–Crippen MR) is 74.7 cm³/mol. The number of aromatic amines is 1. The number of benzene rings is 2. The Morgan fingerprint density at radius 2 is 1.90 bits per heavy atom. The van der Waals surface area contributed by atoms with Crippen LogP contribution >= 0.6 is 0 Å². The van der Waals surface area contributed by atoms with E-state index < -0.39 is 5.97 Å². The van der Waals surface area contributed by atoms with Gasteiger partial charge in [0.2, 0.25) is 0 Å². The van der Waals surface area contributed by atoms with Crippen LogP contribution in [0.1, 0.15) is 0 Å². The molecule has 0 amide bonds. The van der Waals surface area contributed by atoms with E-state index in [2.05, 4.69) is 9.97 Å². The Balaban J connectivity index is 1.85. The van der Waals surface area contributed by atoms with Crippen molar-refractivity contribution in [3.8, 4) is 17.1 Å². The Morgan fingerprint density at radius 3 is 2.60 bits per heavy atom. The highest BCUT2D eigenvalue weighted by Crippen LogP contribution is 2.22. The van der Waals surface area contributed by atoms with Gasteiger partial charge in [0.05, 0.1) is 11.0 Å². The van der Waals surface area contributed by atoms with Crippen molar-refractivity contribution < 1.29 is 14.6 Å². The predicted octanol–water partition coefficient (Wildman–Crippen LogP) is 2.69. The number of H-pyrrole nitrogens is 1. The second-order valence-electron chi connectivity index (χ2n) is 4.31. The second kappa shape index (κ2) is 5.05. The molecule has 3 rings (SSSR count). The number of rotatable bonds is 4. The fourth-order valence-electron chi connectivity index (χ4n) is 1.94. The third-order valence-electron chi connectivity index (χ3n) is 2.88. The molecule has 0 saturated carbocycles. The molecule has 0 aliphatic heterocycles. The third-order valence-corrected chi connectivity index (χ3v) is 2.88. The van der Waals surface area contributed by atoms with Gasteiger partial charge in [-0.05, 0) is 36.4 Å². The van der Waals surface area contributed by atoms with Crippen molar-refractivity contribution in [3.05, 3.63) is 48.5 Å². The van der Waals surface area contributed by atoms with Gasteiger partial charge in [0.15, 0.2) is 6.61 Å². The van der Waals surface area contributed by atoms with Crippen LogP contribution in [0.2, 0.25) is 0 Å².